The summed E-state index contributed by atoms with van der Waals surface area (Å²) in [5, 5.41) is 0. The van der Waals surface area contributed by atoms with Gasteiger partial charge in [0.2, 0.25) is 0 Å². The van der Waals surface area contributed by atoms with Crippen LogP contribution < -0.4 is 5.73 Å². The minimum Gasteiger partial charge on any atom is -0.329 e. The molecule has 0 bridgehead atoms. The first-order valence-corrected chi connectivity index (χ1v) is 6.30. The second-order valence-corrected chi connectivity index (χ2v) is 5.61. The van der Waals surface area contributed by atoms with Gasteiger partial charge >= 0.3 is 0 Å². The number of hydrogen-bond acceptors (Lipinski definition) is 3. The lowest BCUT2D eigenvalue weighted by molar-refractivity contribution is 0.0411. The first-order chi connectivity index (χ1) is 7.16. The molecule has 2 heterocycles. The summed E-state index contributed by atoms with van der Waals surface area (Å²) in [4.78, 5) is 5.10. The van der Waals surface area contributed by atoms with E-state index in [-0.39, 0.29) is 5.54 Å². The number of likely N-dealkylation sites (N-methyl/N-ethyl adjacent to an activating group) is 1. The first kappa shape index (κ1) is 11.4. The van der Waals surface area contributed by atoms with Crippen LogP contribution in [0.2, 0.25) is 0 Å². The molecule has 0 aromatic carbocycles. The monoisotopic (exact) mass is 211 g/mol. The van der Waals surface area contributed by atoms with Crippen molar-refractivity contribution in [3.63, 3.8) is 0 Å². The summed E-state index contributed by atoms with van der Waals surface area (Å²) in [6.07, 6.45) is 3.95. The van der Waals surface area contributed by atoms with E-state index in [9.17, 15) is 0 Å². The molecular formula is C12H25N3. The third-order valence-electron chi connectivity index (χ3n) is 4.22. The molecule has 0 aromatic heterocycles. The molecule has 3 heteroatoms. The molecule has 2 unspecified atom stereocenters. The van der Waals surface area contributed by atoms with Gasteiger partial charge in [0.15, 0.2) is 0 Å². The van der Waals surface area contributed by atoms with Gasteiger partial charge in [-0.2, -0.15) is 0 Å². The van der Waals surface area contributed by atoms with Gasteiger partial charge in [-0.1, -0.05) is 6.92 Å². The third-order valence-corrected chi connectivity index (χ3v) is 4.22. The number of hydrogen-bond donors (Lipinski definition) is 1. The molecule has 2 aliphatic rings. The second-order valence-electron chi connectivity index (χ2n) is 5.61. The van der Waals surface area contributed by atoms with Crippen molar-refractivity contribution in [1.82, 2.24) is 9.80 Å². The summed E-state index contributed by atoms with van der Waals surface area (Å²) in [5.41, 5.74) is 6.35. The zero-order chi connectivity index (χ0) is 10.9. The summed E-state index contributed by atoms with van der Waals surface area (Å²) in [7, 11) is 2.23. The highest BCUT2D eigenvalue weighted by molar-refractivity contribution is 4.99. The molecule has 0 radical (unpaired) electrons. The van der Waals surface area contributed by atoms with Gasteiger partial charge in [0.1, 0.15) is 0 Å². The Morgan fingerprint density at radius 1 is 1.40 bits per heavy atom. The standard InChI is InChI=1S/C12H25N3/c1-11-4-7-15(8-11)12(9-13)5-3-6-14(2)10-12/h11H,3-10,13H2,1-2H3. The SMILES string of the molecule is CC1CCN(C2(CN)CCCN(C)C2)C1. The van der Waals surface area contributed by atoms with Gasteiger partial charge < -0.3 is 10.6 Å². The molecule has 2 fully saturated rings. The summed E-state index contributed by atoms with van der Waals surface area (Å²) >= 11 is 0. The average Bonchev–Trinajstić information content (AvgIpc) is 2.65. The Labute approximate surface area is 93.6 Å². The molecule has 0 amide bonds. The van der Waals surface area contributed by atoms with Crippen LogP contribution in [-0.2, 0) is 0 Å². The second kappa shape index (κ2) is 4.40. The molecule has 2 aliphatic heterocycles. The number of piperidine rings is 1. The van der Waals surface area contributed by atoms with Gasteiger partial charge in [-0.25, -0.2) is 0 Å². The summed E-state index contributed by atoms with van der Waals surface area (Å²) < 4.78 is 0. The minimum atomic E-state index is 0.289. The van der Waals surface area contributed by atoms with E-state index in [4.69, 9.17) is 5.73 Å². The fourth-order valence-electron chi connectivity index (χ4n) is 3.26. The number of likely N-dealkylation sites (tertiary alicyclic amines) is 2. The largest absolute Gasteiger partial charge is 0.329 e. The van der Waals surface area contributed by atoms with E-state index in [2.05, 4.69) is 23.8 Å². The Balaban J connectivity index is 2.06. The van der Waals surface area contributed by atoms with Crippen molar-refractivity contribution in [3.05, 3.63) is 0 Å². The number of rotatable bonds is 2. The Kier molecular flexibility index (Phi) is 3.33. The number of nitrogens with zero attached hydrogens (tertiary/aromatic N) is 2. The average molecular weight is 211 g/mol. The zero-order valence-electron chi connectivity index (χ0n) is 10.2. The fourth-order valence-corrected chi connectivity index (χ4v) is 3.26. The van der Waals surface area contributed by atoms with Crippen molar-refractivity contribution in [2.75, 3.05) is 39.8 Å². The fraction of sp³-hybridized carbons (Fsp3) is 1.00. The first-order valence-electron chi connectivity index (χ1n) is 6.30. The lowest BCUT2D eigenvalue weighted by Gasteiger charge is -2.47. The van der Waals surface area contributed by atoms with Gasteiger partial charge in [-0.05, 0) is 45.3 Å². The van der Waals surface area contributed by atoms with E-state index in [1.165, 1.54) is 38.9 Å². The van der Waals surface area contributed by atoms with E-state index in [1.54, 1.807) is 0 Å². The topological polar surface area (TPSA) is 32.5 Å². The molecule has 2 atom stereocenters. The molecule has 0 aromatic rings. The summed E-state index contributed by atoms with van der Waals surface area (Å²) in [6.45, 7) is 8.10. The lowest BCUT2D eigenvalue weighted by Crippen LogP contribution is -2.61. The van der Waals surface area contributed by atoms with Gasteiger partial charge in [0.05, 0.1) is 0 Å². The molecule has 2 saturated heterocycles. The third kappa shape index (κ3) is 2.19. The summed E-state index contributed by atoms with van der Waals surface area (Å²) in [6, 6.07) is 0. The Hall–Kier alpha value is -0.120. The van der Waals surface area contributed by atoms with Crippen molar-refractivity contribution in [1.29, 1.82) is 0 Å². The van der Waals surface area contributed by atoms with Gasteiger partial charge in [0.25, 0.3) is 0 Å². The molecule has 0 saturated carbocycles. The normalized spacial score (nSPS) is 39.8. The molecule has 88 valence electrons. The quantitative estimate of drug-likeness (QED) is 0.731. The molecule has 15 heavy (non-hydrogen) atoms. The molecule has 0 spiro atoms. The van der Waals surface area contributed by atoms with Crippen molar-refractivity contribution >= 4 is 0 Å². The van der Waals surface area contributed by atoms with E-state index in [0.717, 1.165) is 19.0 Å². The van der Waals surface area contributed by atoms with Gasteiger partial charge in [-0.15, -0.1) is 0 Å². The van der Waals surface area contributed by atoms with Crippen LogP contribution in [0.3, 0.4) is 0 Å². The van der Waals surface area contributed by atoms with E-state index < -0.39 is 0 Å². The van der Waals surface area contributed by atoms with Crippen LogP contribution in [0.25, 0.3) is 0 Å². The predicted octanol–water partition coefficient (Wildman–Crippen LogP) is 0.751. The van der Waals surface area contributed by atoms with Gasteiger partial charge in [-0.3, -0.25) is 4.90 Å². The maximum atomic E-state index is 6.06. The maximum absolute atomic E-state index is 6.06. The van der Waals surface area contributed by atoms with Crippen molar-refractivity contribution in [3.8, 4) is 0 Å². The van der Waals surface area contributed by atoms with Crippen LogP contribution in [0.1, 0.15) is 26.2 Å². The van der Waals surface area contributed by atoms with Crippen molar-refractivity contribution in [2.45, 2.75) is 31.7 Å². The summed E-state index contributed by atoms with van der Waals surface area (Å²) in [5.74, 6) is 0.862. The number of nitrogens with two attached hydrogens (primary N) is 1. The van der Waals surface area contributed by atoms with E-state index in [0.29, 0.717) is 0 Å². The highest BCUT2D eigenvalue weighted by Crippen LogP contribution is 2.31. The molecule has 0 aliphatic carbocycles. The maximum Gasteiger partial charge on any atom is 0.0458 e. The van der Waals surface area contributed by atoms with E-state index >= 15 is 0 Å². The van der Waals surface area contributed by atoms with E-state index in [1.807, 2.05) is 0 Å². The van der Waals surface area contributed by atoms with Crippen molar-refractivity contribution < 1.29 is 0 Å². The highest BCUT2D eigenvalue weighted by atomic mass is 15.3. The van der Waals surface area contributed by atoms with Crippen LogP contribution in [0.5, 0.6) is 0 Å². The molecule has 2 rings (SSSR count). The van der Waals surface area contributed by atoms with Gasteiger partial charge in [0, 0.05) is 25.2 Å². The molecular weight excluding hydrogens is 186 g/mol. The van der Waals surface area contributed by atoms with Crippen molar-refractivity contribution in [2.24, 2.45) is 11.7 Å². The zero-order valence-corrected chi connectivity index (χ0v) is 10.2. The minimum absolute atomic E-state index is 0.289. The Morgan fingerprint density at radius 3 is 2.73 bits per heavy atom. The predicted molar refractivity (Wildman–Crippen MR) is 63.9 cm³/mol. The highest BCUT2D eigenvalue weighted by Gasteiger charge is 2.40. The lowest BCUT2D eigenvalue weighted by atomic mass is 9.87. The van der Waals surface area contributed by atoms with Crippen LogP contribution in [-0.4, -0.2) is 55.1 Å². The molecule has 3 nitrogen and oxygen atoms in total. The van der Waals surface area contributed by atoms with Crippen LogP contribution in [0.4, 0.5) is 0 Å². The van der Waals surface area contributed by atoms with Crippen LogP contribution in [0, 0.1) is 5.92 Å². The smallest absolute Gasteiger partial charge is 0.0458 e. The Bertz CT molecular complexity index is 219. The van der Waals surface area contributed by atoms with Crippen LogP contribution in [0.15, 0.2) is 0 Å². The molecule has 2 N–H and O–H groups in total. The van der Waals surface area contributed by atoms with Crippen LogP contribution >= 0.6 is 0 Å². The Morgan fingerprint density at radius 2 is 2.20 bits per heavy atom.